The maximum atomic E-state index is 12.9. The molecular formula is C20H29F3IN5. The minimum atomic E-state index is -4.31. The second-order valence-electron chi connectivity index (χ2n) is 6.87. The van der Waals surface area contributed by atoms with E-state index >= 15 is 0 Å². The van der Waals surface area contributed by atoms with Gasteiger partial charge in [-0.3, -0.25) is 9.67 Å². The summed E-state index contributed by atoms with van der Waals surface area (Å²) in [6, 6.07) is 5.53. The Morgan fingerprint density at radius 1 is 1.24 bits per heavy atom. The molecular weight excluding hydrogens is 494 g/mol. The fraction of sp³-hybridized carbons (Fsp3) is 0.500. The zero-order valence-corrected chi connectivity index (χ0v) is 19.3. The van der Waals surface area contributed by atoms with Crippen molar-refractivity contribution in [1.82, 2.24) is 20.4 Å². The lowest BCUT2D eigenvalue weighted by molar-refractivity contribution is -0.137. The number of nitrogens with one attached hydrogen (secondary N) is 2. The maximum absolute atomic E-state index is 12.9. The van der Waals surface area contributed by atoms with E-state index in [0.717, 1.165) is 31.1 Å². The standard InChI is InChI=1S/C20H28F3N5.HI/c1-15-13-27-28(14-15)11-5-9-25-19(24-3)26-10-8-16(2)17-6-4-7-18(12-17)20(21,22)23;/h4,6-7,12-14,16H,5,8-11H2,1-3H3,(H2,24,25,26);1H. The third-order valence-electron chi connectivity index (χ3n) is 4.50. The Morgan fingerprint density at radius 2 is 1.97 bits per heavy atom. The van der Waals surface area contributed by atoms with Crippen LogP contribution in [0.2, 0.25) is 0 Å². The number of aromatic nitrogens is 2. The minimum Gasteiger partial charge on any atom is -0.356 e. The highest BCUT2D eigenvalue weighted by Gasteiger charge is 2.30. The number of rotatable bonds is 8. The van der Waals surface area contributed by atoms with Gasteiger partial charge in [0.15, 0.2) is 5.96 Å². The first kappa shape index (κ1) is 25.3. The van der Waals surface area contributed by atoms with Gasteiger partial charge in [-0.05, 0) is 42.9 Å². The van der Waals surface area contributed by atoms with Gasteiger partial charge in [-0.15, -0.1) is 24.0 Å². The van der Waals surface area contributed by atoms with Gasteiger partial charge in [0.2, 0.25) is 0 Å². The lowest BCUT2D eigenvalue weighted by Gasteiger charge is -2.16. The first-order valence-corrected chi connectivity index (χ1v) is 9.40. The summed E-state index contributed by atoms with van der Waals surface area (Å²) in [4.78, 5) is 4.18. The Morgan fingerprint density at radius 3 is 2.59 bits per heavy atom. The van der Waals surface area contributed by atoms with Crippen LogP contribution in [0.5, 0.6) is 0 Å². The summed E-state index contributed by atoms with van der Waals surface area (Å²) in [5, 5.41) is 10.7. The monoisotopic (exact) mass is 523 g/mol. The van der Waals surface area contributed by atoms with E-state index < -0.39 is 11.7 Å². The third kappa shape index (κ3) is 8.63. The number of benzene rings is 1. The number of aliphatic imine (C=N–C) groups is 1. The predicted molar refractivity (Wildman–Crippen MR) is 121 cm³/mol. The molecule has 5 nitrogen and oxygen atoms in total. The van der Waals surface area contributed by atoms with Gasteiger partial charge in [-0.25, -0.2) is 0 Å². The summed E-state index contributed by atoms with van der Waals surface area (Å²) >= 11 is 0. The number of hydrogen-bond donors (Lipinski definition) is 2. The molecule has 0 amide bonds. The van der Waals surface area contributed by atoms with Crippen molar-refractivity contribution >= 4 is 29.9 Å². The number of nitrogens with zero attached hydrogens (tertiary/aromatic N) is 3. The van der Waals surface area contributed by atoms with Gasteiger partial charge in [0, 0.05) is 32.9 Å². The third-order valence-corrected chi connectivity index (χ3v) is 4.50. The van der Waals surface area contributed by atoms with Crippen LogP contribution in [0.15, 0.2) is 41.7 Å². The van der Waals surface area contributed by atoms with Crippen molar-refractivity contribution in [3.63, 3.8) is 0 Å². The molecule has 0 aliphatic carbocycles. The van der Waals surface area contributed by atoms with Crippen LogP contribution in [0.1, 0.15) is 42.4 Å². The molecule has 1 atom stereocenters. The molecule has 0 saturated heterocycles. The van der Waals surface area contributed by atoms with Crippen LogP contribution >= 0.6 is 24.0 Å². The zero-order chi connectivity index (χ0) is 20.6. The van der Waals surface area contributed by atoms with Crippen molar-refractivity contribution < 1.29 is 13.2 Å². The van der Waals surface area contributed by atoms with Gasteiger partial charge in [0.1, 0.15) is 0 Å². The number of halogens is 4. The van der Waals surface area contributed by atoms with E-state index in [9.17, 15) is 13.2 Å². The second kappa shape index (κ2) is 12.0. The minimum absolute atomic E-state index is 0. The number of guanidine groups is 1. The summed E-state index contributed by atoms with van der Waals surface area (Å²) in [6.45, 7) is 6.13. The largest absolute Gasteiger partial charge is 0.416 e. The summed E-state index contributed by atoms with van der Waals surface area (Å²) in [5.74, 6) is 0.698. The quantitative estimate of drug-likeness (QED) is 0.231. The van der Waals surface area contributed by atoms with Crippen LogP contribution in [0.4, 0.5) is 13.2 Å². The molecule has 1 aromatic heterocycles. The zero-order valence-electron chi connectivity index (χ0n) is 17.0. The first-order valence-electron chi connectivity index (χ1n) is 9.40. The highest BCUT2D eigenvalue weighted by atomic mass is 127. The van der Waals surface area contributed by atoms with Gasteiger partial charge in [-0.2, -0.15) is 18.3 Å². The number of alkyl halides is 3. The van der Waals surface area contributed by atoms with E-state index in [4.69, 9.17) is 0 Å². The normalized spacial score (nSPS) is 13.0. The predicted octanol–water partition coefficient (Wildman–Crippen LogP) is 4.58. The molecule has 1 aromatic carbocycles. The van der Waals surface area contributed by atoms with Gasteiger partial charge in [-0.1, -0.05) is 25.1 Å². The Hall–Kier alpha value is -1.78. The van der Waals surface area contributed by atoms with Crippen LogP contribution in [0, 0.1) is 6.92 Å². The molecule has 0 aliphatic rings. The highest BCUT2D eigenvalue weighted by Crippen LogP contribution is 2.31. The molecule has 1 heterocycles. The molecule has 9 heteroatoms. The topological polar surface area (TPSA) is 54.2 Å². The van der Waals surface area contributed by atoms with Crippen LogP contribution in [-0.2, 0) is 12.7 Å². The Balaban J connectivity index is 0.00000420. The molecule has 0 spiro atoms. The second-order valence-corrected chi connectivity index (χ2v) is 6.87. The average Bonchev–Trinajstić information content (AvgIpc) is 3.08. The van der Waals surface area contributed by atoms with Crippen LogP contribution in [0.25, 0.3) is 0 Å². The molecule has 2 rings (SSSR count). The van der Waals surface area contributed by atoms with Crippen molar-refractivity contribution in [2.75, 3.05) is 20.1 Å². The van der Waals surface area contributed by atoms with Crippen molar-refractivity contribution in [2.24, 2.45) is 4.99 Å². The average molecular weight is 523 g/mol. The molecule has 2 aromatic rings. The summed E-state index contributed by atoms with van der Waals surface area (Å²) in [7, 11) is 1.70. The van der Waals surface area contributed by atoms with Gasteiger partial charge < -0.3 is 10.6 Å². The fourth-order valence-corrected chi connectivity index (χ4v) is 2.85. The van der Waals surface area contributed by atoms with Gasteiger partial charge in [0.05, 0.1) is 11.8 Å². The van der Waals surface area contributed by atoms with E-state index in [1.165, 1.54) is 12.1 Å². The van der Waals surface area contributed by atoms with Crippen molar-refractivity contribution in [2.45, 2.75) is 45.3 Å². The van der Waals surface area contributed by atoms with Crippen LogP contribution in [0.3, 0.4) is 0 Å². The van der Waals surface area contributed by atoms with E-state index in [1.54, 1.807) is 13.1 Å². The lowest BCUT2D eigenvalue weighted by Crippen LogP contribution is -2.38. The molecule has 0 fully saturated rings. The fourth-order valence-electron chi connectivity index (χ4n) is 2.85. The lowest BCUT2D eigenvalue weighted by atomic mass is 9.96. The van der Waals surface area contributed by atoms with E-state index in [0.29, 0.717) is 24.5 Å². The Kier molecular flexibility index (Phi) is 10.5. The Bertz CT molecular complexity index is 773. The van der Waals surface area contributed by atoms with Crippen molar-refractivity contribution in [3.05, 3.63) is 53.3 Å². The number of hydrogen-bond acceptors (Lipinski definition) is 2. The molecule has 0 radical (unpaired) electrons. The Labute approximate surface area is 187 Å². The summed E-state index contributed by atoms with van der Waals surface area (Å²) < 4.78 is 40.5. The van der Waals surface area contributed by atoms with Crippen LogP contribution in [-0.4, -0.2) is 35.9 Å². The molecule has 0 bridgehead atoms. The molecule has 162 valence electrons. The van der Waals surface area contributed by atoms with Gasteiger partial charge >= 0.3 is 6.18 Å². The first-order chi connectivity index (χ1) is 13.3. The molecule has 0 aliphatic heterocycles. The molecule has 1 unspecified atom stereocenters. The maximum Gasteiger partial charge on any atom is 0.416 e. The SMILES string of the molecule is CN=C(NCCCn1cc(C)cn1)NCCC(C)c1cccc(C(F)(F)F)c1.I. The number of aryl methyl sites for hydroxylation is 2. The molecule has 29 heavy (non-hydrogen) atoms. The van der Waals surface area contributed by atoms with E-state index in [-0.39, 0.29) is 29.9 Å². The van der Waals surface area contributed by atoms with Crippen molar-refractivity contribution in [1.29, 1.82) is 0 Å². The smallest absolute Gasteiger partial charge is 0.356 e. The molecule has 2 N–H and O–H groups in total. The van der Waals surface area contributed by atoms with Gasteiger partial charge in [0.25, 0.3) is 0 Å². The highest BCUT2D eigenvalue weighted by molar-refractivity contribution is 14.0. The summed E-state index contributed by atoms with van der Waals surface area (Å²) in [5.41, 5.74) is 1.23. The van der Waals surface area contributed by atoms with E-state index in [1.807, 2.05) is 30.9 Å². The van der Waals surface area contributed by atoms with Crippen LogP contribution < -0.4 is 10.6 Å². The van der Waals surface area contributed by atoms with Crippen molar-refractivity contribution in [3.8, 4) is 0 Å². The molecule has 0 saturated carbocycles. The summed E-state index contributed by atoms with van der Waals surface area (Å²) in [6.07, 6.45) is 1.13. The van der Waals surface area contributed by atoms with E-state index in [2.05, 4.69) is 20.7 Å².